The van der Waals surface area contributed by atoms with Crippen LogP contribution in [0.15, 0.2) is 4.99 Å². The van der Waals surface area contributed by atoms with E-state index in [4.69, 9.17) is 4.74 Å². The van der Waals surface area contributed by atoms with Crippen molar-refractivity contribution in [1.82, 2.24) is 5.32 Å². The minimum absolute atomic E-state index is 0.533. The van der Waals surface area contributed by atoms with Crippen LogP contribution in [0, 0.1) is 5.92 Å². The Morgan fingerprint density at radius 2 is 2.25 bits per heavy atom. The number of hydrogen-bond donors (Lipinski definition) is 1. The van der Waals surface area contributed by atoms with Crippen molar-refractivity contribution >= 4 is 16.9 Å². The van der Waals surface area contributed by atoms with E-state index in [1.54, 1.807) is 0 Å². The fourth-order valence-electron chi connectivity index (χ4n) is 2.24. The molecule has 0 aliphatic carbocycles. The monoisotopic (exact) mass is 242 g/mol. The van der Waals surface area contributed by atoms with Crippen LogP contribution in [-0.4, -0.2) is 36.2 Å². The second-order valence-electron chi connectivity index (χ2n) is 4.68. The summed E-state index contributed by atoms with van der Waals surface area (Å²) in [5, 5.41) is 5.43. The molecule has 3 nitrogen and oxygen atoms in total. The van der Waals surface area contributed by atoms with E-state index in [1.807, 2.05) is 11.8 Å². The lowest BCUT2D eigenvalue weighted by Crippen LogP contribution is -2.38. The lowest BCUT2D eigenvalue weighted by molar-refractivity contribution is 0.0583. The normalized spacial score (nSPS) is 28.9. The maximum Gasteiger partial charge on any atom is 0.157 e. The number of ether oxygens (including phenoxy) is 1. The molecule has 0 aromatic heterocycles. The summed E-state index contributed by atoms with van der Waals surface area (Å²) >= 11 is 1.91. The number of nitrogens with zero attached hydrogens (tertiary/aromatic N) is 1. The standard InChI is InChI=1S/C12H22N2OS/c1-3-11-8-13-12(16-11)14-9(2)10-4-6-15-7-5-10/h9-11H,3-8H2,1-2H3,(H,13,14). The zero-order valence-corrected chi connectivity index (χ0v) is 11.1. The highest BCUT2D eigenvalue weighted by Crippen LogP contribution is 2.24. The van der Waals surface area contributed by atoms with Crippen molar-refractivity contribution in [2.75, 3.05) is 19.8 Å². The maximum atomic E-state index is 5.39. The van der Waals surface area contributed by atoms with Crippen LogP contribution in [0.5, 0.6) is 0 Å². The smallest absolute Gasteiger partial charge is 0.157 e. The average Bonchev–Trinajstić information content (AvgIpc) is 2.78. The summed E-state index contributed by atoms with van der Waals surface area (Å²) in [6, 6.07) is 0.533. The molecule has 0 spiro atoms. The Hall–Kier alpha value is -0.220. The van der Waals surface area contributed by atoms with Gasteiger partial charge in [-0.2, -0.15) is 0 Å². The molecule has 0 saturated carbocycles. The molecule has 1 fully saturated rings. The molecular formula is C12H22N2OS. The molecule has 1 N–H and O–H groups in total. The second kappa shape index (κ2) is 5.92. The van der Waals surface area contributed by atoms with Gasteiger partial charge in [0.15, 0.2) is 5.17 Å². The molecule has 0 radical (unpaired) electrons. The lowest BCUT2D eigenvalue weighted by Gasteiger charge is -2.28. The minimum atomic E-state index is 0.533. The number of thioether (sulfide) groups is 1. The van der Waals surface area contributed by atoms with Crippen molar-refractivity contribution in [3.05, 3.63) is 0 Å². The molecule has 4 heteroatoms. The summed E-state index contributed by atoms with van der Waals surface area (Å²) in [5.41, 5.74) is 0. The first-order valence-electron chi connectivity index (χ1n) is 6.35. The van der Waals surface area contributed by atoms with Gasteiger partial charge < -0.3 is 10.1 Å². The first-order valence-corrected chi connectivity index (χ1v) is 7.23. The predicted octanol–water partition coefficient (Wildman–Crippen LogP) is 2.27. The first-order chi connectivity index (χ1) is 7.79. The van der Waals surface area contributed by atoms with E-state index in [0.29, 0.717) is 11.3 Å². The number of hydrogen-bond acceptors (Lipinski definition) is 4. The molecule has 2 aliphatic heterocycles. The Morgan fingerprint density at radius 1 is 1.50 bits per heavy atom. The first kappa shape index (κ1) is 12.2. The molecular weight excluding hydrogens is 220 g/mol. The van der Waals surface area contributed by atoms with E-state index in [2.05, 4.69) is 24.2 Å². The Bertz CT molecular complexity index is 251. The molecule has 2 heterocycles. The Kier molecular flexibility index (Phi) is 4.53. The van der Waals surface area contributed by atoms with E-state index in [9.17, 15) is 0 Å². The van der Waals surface area contributed by atoms with Crippen molar-refractivity contribution in [3.8, 4) is 0 Å². The van der Waals surface area contributed by atoms with Crippen molar-refractivity contribution in [1.29, 1.82) is 0 Å². The average molecular weight is 242 g/mol. The van der Waals surface area contributed by atoms with Crippen LogP contribution < -0.4 is 5.32 Å². The van der Waals surface area contributed by atoms with Gasteiger partial charge >= 0.3 is 0 Å². The SMILES string of the molecule is CCC1CN=C(NC(C)C2CCOCC2)S1. The molecule has 0 aromatic carbocycles. The van der Waals surface area contributed by atoms with Gasteiger partial charge in [-0.3, -0.25) is 4.99 Å². The molecule has 2 atom stereocenters. The van der Waals surface area contributed by atoms with E-state index in [-0.39, 0.29) is 0 Å². The summed E-state index contributed by atoms with van der Waals surface area (Å²) in [5.74, 6) is 0.748. The van der Waals surface area contributed by atoms with Gasteiger partial charge in [-0.25, -0.2) is 0 Å². The van der Waals surface area contributed by atoms with Crippen LogP contribution in [0.2, 0.25) is 0 Å². The highest BCUT2D eigenvalue weighted by molar-refractivity contribution is 8.14. The molecule has 0 amide bonds. The van der Waals surface area contributed by atoms with Crippen LogP contribution in [-0.2, 0) is 4.74 Å². The van der Waals surface area contributed by atoms with Crippen LogP contribution in [0.4, 0.5) is 0 Å². The molecule has 1 saturated heterocycles. The van der Waals surface area contributed by atoms with Crippen molar-refractivity contribution in [2.45, 2.75) is 44.4 Å². The van der Waals surface area contributed by atoms with Crippen molar-refractivity contribution < 1.29 is 4.74 Å². The largest absolute Gasteiger partial charge is 0.381 e. The number of aliphatic imine (C=N–C) groups is 1. The molecule has 92 valence electrons. The van der Waals surface area contributed by atoms with Gasteiger partial charge in [-0.1, -0.05) is 18.7 Å². The third-order valence-corrected chi connectivity index (χ3v) is 4.78. The highest BCUT2D eigenvalue weighted by atomic mass is 32.2. The zero-order chi connectivity index (χ0) is 11.4. The Morgan fingerprint density at radius 3 is 2.88 bits per heavy atom. The zero-order valence-electron chi connectivity index (χ0n) is 10.2. The molecule has 2 unspecified atom stereocenters. The van der Waals surface area contributed by atoms with E-state index in [0.717, 1.165) is 30.8 Å². The Labute approximate surface area is 102 Å². The van der Waals surface area contributed by atoms with Gasteiger partial charge in [0.1, 0.15) is 0 Å². The van der Waals surface area contributed by atoms with Gasteiger partial charge in [0.2, 0.25) is 0 Å². The Balaban J connectivity index is 1.76. The summed E-state index contributed by atoms with van der Waals surface area (Å²) in [6.07, 6.45) is 3.58. The molecule has 0 aromatic rings. The predicted molar refractivity (Wildman–Crippen MR) is 70.1 cm³/mol. The summed E-state index contributed by atoms with van der Waals surface area (Å²) < 4.78 is 5.39. The van der Waals surface area contributed by atoms with Gasteiger partial charge in [0, 0.05) is 24.5 Å². The van der Waals surface area contributed by atoms with Crippen LogP contribution >= 0.6 is 11.8 Å². The van der Waals surface area contributed by atoms with Gasteiger partial charge in [-0.15, -0.1) is 0 Å². The number of amidine groups is 1. The van der Waals surface area contributed by atoms with Crippen molar-refractivity contribution in [2.24, 2.45) is 10.9 Å². The topological polar surface area (TPSA) is 33.6 Å². The number of nitrogens with one attached hydrogen (secondary N) is 1. The van der Waals surface area contributed by atoms with Crippen molar-refractivity contribution in [3.63, 3.8) is 0 Å². The van der Waals surface area contributed by atoms with E-state index in [1.165, 1.54) is 19.3 Å². The summed E-state index contributed by atoms with van der Waals surface area (Å²) in [6.45, 7) is 7.35. The molecule has 0 bridgehead atoms. The van der Waals surface area contributed by atoms with Gasteiger partial charge in [0.25, 0.3) is 0 Å². The minimum Gasteiger partial charge on any atom is -0.381 e. The lowest BCUT2D eigenvalue weighted by atomic mass is 9.93. The third kappa shape index (κ3) is 3.14. The molecule has 2 aliphatic rings. The summed E-state index contributed by atoms with van der Waals surface area (Å²) in [4.78, 5) is 4.56. The molecule has 2 rings (SSSR count). The fraction of sp³-hybridized carbons (Fsp3) is 0.917. The van der Waals surface area contributed by atoms with E-state index >= 15 is 0 Å². The third-order valence-electron chi connectivity index (χ3n) is 3.50. The highest BCUT2D eigenvalue weighted by Gasteiger charge is 2.24. The number of rotatable bonds is 3. The van der Waals surface area contributed by atoms with Gasteiger partial charge in [-0.05, 0) is 32.1 Å². The second-order valence-corrected chi connectivity index (χ2v) is 5.97. The van der Waals surface area contributed by atoms with Crippen LogP contribution in [0.25, 0.3) is 0 Å². The van der Waals surface area contributed by atoms with E-state index < -0.39 is 0 Å². The maximum absolute atomic E-state index is 5.39. The molecule has 16 heavy (non-hydrogen) atoms. The van der Waals surface area contributed by atoms with Crippen LogP contribution in [0.1, 0.15) is 33.1 Å². The van der Waals surface area contributed by atoms with Gasteiger partial charge in [0.05, 0.1) is 6.54 Å². The fourth-order valence-corrected chi connectivity index (χ4v) is 3.27. The van der Waals surface area contributed by atoms with Crippen LogP contribution in [0.3, 0.4) is 0 Å². The summed E-state index contributed by atoms with van der Waals surface area (Å²) in [7, 11) is 0. The quantitative estimate of drug-likeness (QED) is 0.824.